The molecule has 2 aliphatic rings. The Kier molecular flexibility index (Phi) is 15.5. The van der Waals surface area contributed by atoms with Crippen LogP contribution >= 0.6 is 11.8 Å². The highest BCUT2D eigenvalue weighted by atomic mass is 32.2. The molecule has 0 radical (unpaired) electrons. The third-order valence-corrected chi connectivity index (χ3v) is 9.76. The second-order valence-corrected chi connectivity index (χ2v) is 14.1. The van der Waals surface area contributed by atoms with Gasteiger partial charge < -0.3 is 42.3 Å². The number of benzene rings is 1. The molecule has 2 heterocycles. The Morgan fingerprint density at radius 3 is 2.08 bits per heavy atom. The molecular formula is C34H51N7O8S. The summed E-state index contributed by atoms with van der Waals surface area (Å²) in [7, 11) is 0. The number of hydrogen-bond acceptors (Lipinski definition) is 9. The second-order valence-electron chi connectivity index (χ2n) is 13.1. The first kappa shape index (κ1) is 40.3. The second kappa shape index (κ2) is 19.3. The van der Waals surface area contributed by atoms with E-state index in [0.29, 0.717) is 37.9 Å². The lowest BCUT2D eigenvalue weighted by molar-refractivity contribution is -0.149. The van der Waals surface area contributed by atoms with Crippen LogP contribution in [0, 0.1) is 5.92 Å². The average Bonchev–Trinajstić information content (AvgIpc) is 3.78. The summed E-state index contributed by atoms with van der Waals surface area (Å²) in [5.41, 5.74) is 12.0. The summed E-state index contributed by atoms with van der Waals surface area (Å²) in [6.45, 7) is 4.11. The Morgan fingerprint density at radius 2 is 1.48 bits per heavy atom. The van der Waals surface area contributed by atoms with Crippen molar-refractivity contribution in [3.05, 3.63) is 35.9 Å². The largest absolute Gasteiger partial charge is 0.480 e. The number of carboxylic acid groups (broad SMARTS) is 1. The molecule has 2 saturated heterocycles. The van der Waals surface area contributed by atoms with E-state index in [1.807, 2.05) is 36.6 Å². The lowest BCUT2D eigenvalue weighted by Gasteiger charge is -2.33. The van der Waals surface area contributed by atoms with Crippen molar-refractivity contribution in [2.24, 2.45) is 17.4 Å². The number of aliphatic carboxylic acids is 1. The summed E-state index contributed by atoms with van der Waals surface area (Å²) < 4.78 is 0. The summed E-state index contributed by atoms with van der Waals surface area (Å²) in [4.78, 5) is 93.8. The molecule has 16 heteroatoms. The van der Waals surface area contributed by atoms with Crippen LogP contribution < -0.4 is 27.4 Å². The number of thioether (sulfide) groups is 1. The maximum absolute atomic E-state index is 14.3. The van der Waals surface area contributed by atoms with Crippen molar-refractivity contribution in [1.82, 2.24) is 25.8 Å². The molecule has 2 fully saturated rings. The van der Waals surface area contributed by atoms with Gasteiger partial charge in [0.25, 0.3) is 0 Å². The summed E-state index contributed by atoms with van der Waals surface area (Å²) in [6.07, 6.45) is 3.56. The molecule has 1 aromatic rings. The molecular weight excluding hydrogens is 666 g/mol. The fourth-order valence-electron chi connectivity index (χ4n) is 6.19. The van der Waals surface area contributed by atoms with Gasteiger partial charge in [-0.15, -0.1) is 0 Å². The summed E-state index contributed by atoms with van der Waals surface area (Å²) in [6, 6.07) is 3.09. The molecule has 6 amide bonds. The zero-order chi connectivity index (χ0) is 37.0. The van der Waals surface area contributed by atoms with Crippen molar-refractivity contribution in [3.63, 3.8) is 0 Å². The highest BCUT2D eigenvalue weighted by Crippen LogP contribution is 2.26. The van der Waals surface area contributed by atoms with Crippen LogP contribution in [0.1, 0.15) is 64.4 Å². The number of primary amides is 1. The molecule has 15 nitrogen and oxygen atoms in total. The van der Waals surface area contributed by atoms with E-state index in [-0.39, 0.29) is 38.3 Å². The van der Waals surface area contributed by atoms with Crippen molar-refractivity contribution in [2.45, 2.75) is 101 Å². The highest BCUT2D eigenvalue weighted by Gasteiger charge is 2.44. The van der Waals surface area contributed by atoms with Gasteiger partial charge in [-0.25, -0.2) is 4.79 Å². The summed E-state index contributed by atoms with van der Waals surface area (Å²) in [5, 5.41) is 17.6. The van der Waals surface area contributed by atoms with E-state index >= 15 is 0 Å². The Labute approximate surface area is 297 Å². The molecule has 8 N–H and O–H groups in total. The average molecular weight is 718 g/mol. The van der Waals surface area contributed by atoms with Gasteiger partial charge in [0, 0.05) is 25.9 Å². The SMILES string of the molecule is CSCC[C@H](NC(=O)[C@@H](N)C(C)C)C(=O)N[C@@H](Cc1ccccc1)C(=O)N1CCC[C@H]1C(=O)N1CCC[C@H]1C(=O)N[C@@H](CCC(N)=O)C(=O)O. The smallest absolute Gasteiger partial charge is 0.326 e. The van der Waals surface area contributed by atoms with E-state index < -0.39 is 77.7 Å². The molecule has 0 saturated carbocycles. The number of rotatable bonds is 18. The Hall–Kier alpha value is -4.18. The van der Waals surface area contributed by atoms with E-state index in [9.17, 15) is 38.7 Å². The van der Waals surface area contributed by atoms with Crippen LogP contribution in [0.25, 0.3) is 0 Å². The lowest BCUT2D eigenvalue weighted by Crippen LogP contribution is -2.59. The molecule has 50 heavy (non-hydrogen) atoms. The number of nitrogens with one attached hydrogen (secondary N) is 3. The highest BCUT2D eigenvalue weighted by molar-refractivity contribution is 7.98. The number of amides is 6. The van der Waals surface area contributed by atoms with Crippen molar-refractivity contribution < 1.29 is 38.7 Å². The van der Waals surface area contributed by atoms with Crippen molar-refractivity contribution in [2.75, 3.05) is 25.1 Å². The standard InChI is InChI=1S/C34H51N7O8S/c1-20(2)28(36)31(45)37-22(15-18-50-3)29(43)39-24(19-21-9-5-4-6-10-21)32(46)41-17-8-12-26(41)33(47)40-16-7-11-25(40)30(44)38-23(34(48)49)13-14-27(35)42/h4-6,9-10,20,22-26,28H,7-8,11-19,36H2,1-3H3,(H2,35,42)(H,37,45)(H,38,44)(H,39,43)(H,48,49)/t22-,23-,24-,25-,26-,28-/m0/s1. The van der Waals surface area contributed by atoms with E-state index in [1.165, 1.54) is 21.6 Å². The zero-order valence-corrected chi connectivity index (χ0v) is 29.8. The fraction of sp³-hybridized carbons (Fsp3) is 0.618. The van der Waals surface area contributed by atoms with Crippen molar-refractivity contribution >= 4 is 53.2 Å². The van der Waals surface area contributed by atoms with E-state index in [2.05, 4.69) is 16.0 Å². The fourth-order valence-corrected chi connectivity index (χ4v) is 6.66. The van der Waals surface area contributed by atoms with Crippen LogP contribution in [0.3, 0.4) is 0 Å². The quantitative estimate of drug-likeness (QED) is 0.117. The van der Waals surface area contributed by atoms with Gasteiger partial charge in [-0.05, 0) is 62.0 Å². The van der Waals surface area contributed by atoms with Crippen molar-refractivity contribution in [3.8, 4) is 0 Å². The predicted molar refractivity (Wildman–Crippen MR) is 187 cm³/mol. The van der Waals surface area contributed by atoms with Crippen LogP contribution in [-0.2, 0) is 40.0 Å². The molecule has 1 aromatic carbocycles. The zero-order valence-electron chi connectivity index (χ0n) is 29.0. The number of carboxylic acids is 1. The van der Waals surface area contributed by atoms with Crippen LogP contribution in [-0.4, -0.2) is 118 Å². The minimum absolute atomic E-state index is 0.133. The molecule has 2 aliphatic heterocycles. The van der Waals surface area contributed by atoms with Gasteiger partial charge >= 0.3 is 5.97 Å². The van der Waals surface area contributed by atoms with E-state index in [4.69, 9.17) is 11.5 Å². The third kappa shape index (κ3) is 11.2. The van der Waals surface area contributed by atoms with E-state index in [1.54, 1.807) is 13.8 Å². The summed E-state index contributed by atoms with van der Waals surface area (Å²) in [5.74, 6) is -4.19. The maximum Gasteiger partial charge on any atom is 0.326 e. The number of hydrogen-bond donors (Lipinski definition) is 6. The number of likely N-dealkylation sites (tertiary alicyclic amines) is 2. The number of nitrogens with zero attached hydrogens (tertiary/aromatic N) is 2. The topological polar surface area (TPSA) is 234 Å². The first-order valence-electron chi connectivity index (χ1n) is 17.1. The van der Waals surface area contributed by atoms with Crippen LogP contribution in [0.5, 0.6) is 0 Å². The summed E-state index contributed by atoms with van der Waals surface area (Å²) >= 11 is 1.51. The minimum atomic E-state index is -1.36. The number of carbonyl (C=O) groups is 7. The molecule has 0 bridgehead atoms. The molecule has 276 valence electrons. The first-order valence-corrected chi connectivity index (χ1v) is 18.5. The maximum atomic E-state index is 14.3. The van der Waals surface area contributed by atoms with Gasteiger partial charge in [0.1, 0.15) is 30.2 Å². The minimum Gasteiger partial charge on any atom is -0.480 e. The van der Waals surface area contributed by atoms with Gasteiger partial charge in [-0.3, -0.25) is 28.8 Å². The Bertz CT molecular complexity index is 1380. The van der Waals surface area contributed by atoms with E-state index in [0.717, 1.165) is 5.56 Å². The van der Waals surface area contributed by atoms with Gasteiger partial charge in [0.15, 0.2) is 0 Å². The molecule has 0 aliphatic carbocycles. The van der Waals surface area contributed by atoms with Gasteiger partial charge in [-0.1, -0.05) is 44.2 Å². The molecule has 6 atom stereocenters. The first-order chi connectivity index (χ1) is 23.7. The van der Waals surface area contributed by atoms with Crippen LogP contribution in [0.2, 0.25) is 0 Å². The van der Waals surface area contributed by atoms with Crippen LogP contribution in [0.4, 0.5) is 0 Å². The molecule has 0 unspecified atom stereocenters. The van der Waals surface area contributed by atoms with Gasteiger partial charge in [-0.2, -0.15) is 11.8 Å². The van der Waals surface area contributed by atoms with Gasteiger partial charge in [0.05, 0.1) is 6.04 Å². The molecule has 0 spiro atoms. The predicted octanol–water partition coefficient (Wildman–Crippen LogP) is -0.248. The number of carbonyl (C=O) groups excluding carboxylic acids is 6. The monoisotopic (exact) mass is 717 g/mol. The Morgan fingerprint density at radius 1 is 0.860 bits per heavy atom. The molecule has 3 rings (SSSR count). The Balaban J connectivity index is 1.81. The number of nitrogens with two attached hydrogens (primary N) is 2. The van der Waals surface area contributed by atoms with Crippen LogP contribution in [0.15, 0.2) is 30.3 Å². The van der Waals surface area contributed by atoms with Gasteiger partial charge in [0.2, 0.25) is 35.4 Å². The molecule has 0 aromatic heterocycles. The third-order valence-electron chi connectivity index (χ3n) is 9.12. The normalized spacial score (nSPS) is 19.7. The lowest BCUT2D eigenvalue weighted by atomic mass is 10.0. The van der Waals surface area contributed by atoms with Crippen molar-refractivity contribution in [1.29, 1.82) is 0 Å².